The maximum atomic E-state index is 12.1. The van der Waals surface area contributed by atoms with Gasteiger partial charge in [-0.1, -0.05) is 6.08 Å². The predicted octanol–water partition coefficient (Wildman–Crippen LogP) is 3.19. The van der Waals surface area contributed by atoms with Crippen molar-refractivity contribution in [3.63, 3.8) is 0 Å². The first-order chi connectivity index (χ1) is 6.04. The van der Waals surface area contributed by atoms with Gasteiger partial charge in [0.2, 0.25) is 0 Å². The molecule has 0 saturated heterocycles. The van der Waals surface area contributed by atoms with Crippen molar-refractivity contribution in [3.8, 4) is 0 Å². The molecule has 0 aliphatic heterocycles. The van der Waals surface area contributed by atoms with Crippen molar-refractivity contribution in [1.82, 2.24) is 0 Å². The Morgan fingerprint density at radius 2 is 2.00 bits per heavy atom. The van der Waals surface area contributed by atoms with Gasteiger partial charge in [0, 0.05) is 12.0 Å². The second kappa shape index (κ2) is 3.85. The third kappa shape index (κ3) is 2.79. The van der Waals surface area contributed by atoms with Gasteiger partial charge in [0.25, 0.3) is 0 Å². The Balaban J connectivity index is 2.65. The number of rotatable bonds is 2. The highest BCUT2D eigenvalue weighted by molar-refractivity contribution is 5.24. The molecule has 0 saturated carbocycles. The van der Waals surface area contributed by atoms with E-state index in [1.54, 1.807) is 0 Å². The first-order valence-electron chi connectivity index (χ1n) is 4.13. The highest BCUT2D eigenvalue weighted by atomic mass is 19.4. The van der Waals surface area contributed by atoms with Crippen LogP contribution in [0.2, 0.25) is 0 Å². The molecular weight excluding hydrogens is 181 g/mol. The van der Waals surface area contributed by atoms with Gasteiger partial charge < -0.3 is 4.74 Å². The molecule has 0 atom stereocenters. The minimum atomic E-state index is -4.19. The topological polar surface area (TPSA) is 9.23 Å². The summed E-state index contributed by atoms with van der Waals surface area (Å²) in [6.07, 6.45) is -1.33. The van der Waals surface area contributed by atoms with Crippen molar-refractivity contribution in [2.24, 2.45) is 0 Å². The van der Waals surface area contributed by atoms with Crippen molar-refractivity contribution in [2.45, 2.75) is 25.9 Å². The van der Waals surface area contributed by atoms with Gasteiger partial charge >= 0.3 is 6.18 Å². The number of ether oxygens (including phenoxy) is 1. The van der Waals surface area contributed by atoms with Crippen molar-refractivity contribution < 1.29 is 17.9 Å². The van der Waals surface area contributed by atoms with Crippen molar-refractivity contribution in [1.29, 1.82) is 0 Å². The average molecular weight is 192 g/mol. The number of hydrogen-bond acceptors (Lipinski definition) is 1. The monoisotopic (exact) mass is 192 g/mol. The zero-order valence-corrected chi connectivity index (χ0v) is 7.32. The van der Waals surface area contributed by atoms with Gasteiger partial charge in [-0.3, -0.25) is 0 Å². The van der Waals surface area contributed by atoms with Crippen LogP contribution in [0.3, 0.4) is 0 Å². The fourth-order valence-corrected chi connectivity index (χ4v) is 1.16. The van der Waals surface area contributed by atoms with E-state index in [0.717, 1.165) is 6.08 Å². The van der Waals surface area contributed by atoms with Crippen LogP contribution in [0, 0.1) is 0 Å². The summed E-state index contributed by atoms with van der Waals surface area (Å²) in [5.41, 5.74) is -0.476. The largest absolute Gasteiger partial charge is 0.498 e. The Hall–Kier alpha value is -0.930. The minimum absolute atomic E-state index is 0.0231. The van der Waals surface area contributed by atoms with Crippen LogP contribution in [0.4, 0.5) is 13.2 Å². The van der Waals surface area contributed by atoms with Crippen LogP contribution in [0.1, 0.15) is 19.8 Å². The fourth-order valence-electron chi connectivity index (χ4n) is 1.16. The molecule has 0 radical (unpaired) electrons. The fraction of sp³-hybridized carbons (Fsp3) is 0.556. The van der Waals surface area contributed by atoms with Crippen molar-refractivity contribution in [3.05, 3.63) is 23.5 Å². The highest BCUT2D eigenvalue weighted by Crippen LogP contribution is 2.32. The number of hydrogen-bond donors (Lipinski definition) is 0. The number of halogens is 3. The van der Waals surface area contributed by atoms with Gasteiger partial charge in [-0.15, -0.1) is 0 Å². The standard InChI is InChI=1S/C9H11F3O/c1-2-13-8-5-3-7(4-6-8)9(10,11)12/h3,5H,2,4,6H2,1H3. The van der Waals surface area contributed by atoms with E-state index in [2.05, 4.69) is 0 Å². The molecule has 0 N–H and O–H groups in total. The molecule has 0 spiro atoms. The van der Waals surface area contributed by atoms with Gasteiger partial charge in [0.15, 0.2) is 0 Å². The molecule has 13 heavy (non-hydrogen) atoms. The second-order valence-corrected chi connectivity index (χ2v) is 2.76. The van der Waals surface area contributed by atoms with Crippen LogP contribution in [-0.4, -0.2) is 12.8 Å². The molecule has 0 aromatic rings. The SMILES string of the molecule is CCOC1=CC=C(C(F)(F)F)CC1. The van der Waals surface area contributed by atoms with E-state index in [0.29, 0.717) is 18.8 Å². The summed E-state index contributed by atoms with van der Waals surface area (Å²) in [4.78, 5) is 0. The molecule has 0 heterocycles. The summed E-state index contributed by atoms with van der Waals surface area (Å²) in [6, 6.07) is 0. The Labute approximate surface area is 74.9 Å². The van der Waals surface area contributed by atoms with Gasteiger partial charge in [0.1, 0.15) is 0 Å². The van der Waals surface area contributed by atoms with E-state index < -0.39 is 11.7 Å². The molecule has 1 nitrogen and oxygen atoms in total. The first kappa shape index (κ1) is 10.2. The van der Waals surface area contributed by atoms with Crippen LogP contribution in [0.15, 0.2) is 23.5 Å². The van der Waals surface area contributed by atoms with Gasteiger partial charge in [-0.05, 0) is 19.4 Å². The summed E-state index contributed by atoms with van der Waals surface area (Å²) >= 11 is 0. The molecule has 0 amide bonds. The van der Waals surface area contributed by atoms with Gasteiger partial charge in [0.05, 0.1) is 12.4 Å². The number of allylic oxidation sites excluding steroid dienone is 4. The summed E-state index contributed by atoms with van der Waals surface area (Å²) in [6.45, 7) is 2.31. The minimum Gasteiger partial charge on any atom is -0.498 e. The zero-order valence-electron chi connectivity index (χ0n) is 7.32. The molecule has 0 bridgehead atoms. The lowest BCUT2D eigenvalue weighted by Gasteiger charge is -2.16. The molecule has 0 aromatic carbocycles. The van der Waals surface area contributed by atoms with Crippen LogP contribution < -0.4 is 0 Å². The molecule has 0 unspecified atom stereocenters. The smallest absolute Gasteiger partial charge is 0.412 e. The molecule has 1 aliphatic carbocycles. The van der Waals surface area contributed by atoms with Crippen LogP contribution >= 0.6 is 0 Å². The van der Waals surface area contributed by atoms with Gasteiger partial charge in [-0.2, -0.15) is 13.2 Å². The molecule has 4 heteroatoms. The quantitative estimate of drug-likeness (QED) is 0.652. The molecule has 0 aromatic heterocycles. The Morgan fingerprint density at radius 1 is 1.31 bits per heavy atom. The molecule has 1 rings (SSSR count). The molecular formula is C9H11F3O. The van der Waals surface area contributed by atoms with E-state index in [4.69, 9.17) is 4.74 Å². The summed E-state index contributed by atoms with van der Waals surface area (Å²) in [7, 11) is 0. The molecule has 0 fully saturated rings. The third-order valence-corrected chi connectivity index (χ3v) is 1.80. The predicted molar refractivity (Wildman–Crippen MR) is 43.1 cm³/mol. The van der Waals surface area contributed by atoms with Crippen molar-refractivity contribution >= 4 is 0 Å². The maximum Gasteiger partial charge on any atom is 0.412 e. The lowest BCUT2D eigenvalue weighted by atomic mass is 10.0. The van der Waals surface area contributed by atoms with Crippen LogP contribution in [0.25, 0.3) is 0 Å². The zero-order chi connectivity index (χ0) is 9.90. The lowest BCUT2D eigenvalue weighted by Crippen LogP contribution is -2.14. The lowest BCUT2D eigenvalue weighted by molar-refractivity contribution is -0.0944. The third-order valence-electron chi connectivity index (χ3n) is 1.80. The maximum absolute atomic E-state index is 12.1. The normalized spacial score (nSPS) is 17.8. The Morgan fingerprint density at radius 3 is 2.38 bits per heavy atom. The van der Waals surface area contributed by atoms with Crippen LogP contribution in [-0.2, 0) is 4.74 Å². The number of alkyl halides is 3. The van der Waals surface area contributed by atoms with E-state index >= 15 is 0 Å². The molecule has 74 valence electrons. The second-order valence-electron chi connectivity index (χ2n) is 2.76. The highest BCUT2D eigenvalue weighted by Gasteiger charge is 2.33. The summed E-state index contributed by atoms with van der Waals surface area (Å²) < 4.78 is 41.4. The summed E-state index contributed by atoms with van der Waals surface area (Å²) in [5.74, 6) is 0.635. The Bertz CT molecular complexity index is 238. The van der Waals surface area contributed by atoms with E-state index in [9.17, 15) is 13.2 Å². The summed E-state index contributed by atoms with van der Waals surface area (Å²) in [5, 5.41) is 0. The Kier molecular flexibility index (Phi) is 3.01. The average Bonchev–Trinajstić information content (AvgIpc) is 2.04. The first-order valence-corrected chi connectivity index (χ1v) is 4.13. The van der Waals surface area contributed by atoms with E-state index in [1.807, 2.05) is 6.92 Å². The van der Waals surface area contributed by atoms with E-state index in [1.165, 1.54) is 6.08 Å². The van der Waals surface area contributed by atoms with Gasteiger partial charge in [-0.25, -0.2) is 0 Å². The van der Waals surface area contributed by atoms with Crippen molar-refractivity contribution in [2.75, 3.05) is 6.61 Å². The van der Waals surface area contributed by atoms with E-state index in [-0.39, 0.29) is 6.42 Å². The molecule has 1 aliphatic rings. The van der Waals surface area contributed by atoms with Crippen LogP contribution in [0.5, 0.6) is 0 Å².